The highest BCUT2D eigenvalue weighted by atomic mass is 16.6. The van der Waals surface area contributed by atoms with Crippen molar-refractivity contribution in [3.63, 3.8) is 0 Å². The quantitative estimate of drug-likeness (QED) is 0.499. The second-order valence-corrected chi connectivity index (χ2v) is 5.49. The SMILES string of the molecule is OCCCCCCC[C@H]1O[C@@H]1COCc1ccccc1. The molecule has 0 radical (unpaired) electrons. The van der Waals surface area contributed by atoms with E-state index in [4.69, 9.17) is 14.6 Å². The minimum Gasteiger partial charge on any atom is -0.396 e. The lowest BCUT2D eigenvalue weighted by atomic mass is 10.1. The average molecular weight is 278 g/mol. The van der Waals surface area contributed by atoms with Crippen LogP contribution in [-0.4, -0.2) is 30.5 Å². The van der Waals surface area contributed by atoms with E-state index in [0.29, 0.717) is 32.0 Å². The zero-order chi connectivity index (χ0) is 14.0. The van der Waals surface area contributed by atoms with Gasteiger partial charge in [0.1, 0.15) is 6.10 Å². The number of ether oxygens (including phenoxy) is 2. The van der Waals surface area contributed by atoms with Crippen LogP contribution in [-0.2, 0) is 16.1 Å². The van der Waals surface area contributed by atoms with Gasteiger partial charge in [-0.1, -0.05) is 56.0 Å². The van der Waals surface area contributed by atoms with Crippen molar-refractivity contribution in [2.45, 2.75) is 57.3 Å². The maximum atomic E-state index is 8.69. The molecule has 0 unspecified atom stereocenters. The largest absolute Gasteiger partial charge is 0.396 e. The van der Waals surface area contributed by atoms with Gasteiger partial charge in [-0.25, -0.2) is 0 Å². The Morgan fingerprint density at radius 2 is 1.70 bits per heavy atom. The van der Waals surface area contributed by atoms with Gasteiger partial charge in [0.2, 0.25) is 0 Å². The van der Waals surface area contributed by atoms with Crippen LogP contribution in [0.3, 0.4) is 0 Å². The smallest absolute Gasteiger partial charge is 0.107 e. The molecule has 1 aromatic rings. The molecule has 3 nitrogen and oxygen atoms in total. The van der Waals surface area contributed by atoms with Crippen molar-refractivity contribution in [3.05, 3.63) is 35.9 Å². The summed E-state index contributed by atoms with van der Waals surface area (Å²) in [5, 5.41) is 8.69. The second kappa shape index (κ2) is 9.11. The fraction of sp³-hybridized carbons (Fsp3) is 0.647. The topological polar surface area (TPSA) is 42.0 Å². The van der Waals surface area contributed by atoms with Crippen LogP contribution in [0.1, 0.15) is 44.1 Å². The fourth-order valence-corrected chi connectivity index (χ4v) is 2.43. The lowest BCUT2D eigenvalue weighted by molar-refractivity contribution is 0.104. The summed E-state index contributed by atoms with van der Waals surface area (Å²) in [4.78, 5) is 0. The lowest BCUT2D eigenvalue weighted by Gasteiger charge is -2.02. The minimum absolute atomic E-state index is 0.316. The number of epoxide rings is 1. The lowest BCUT2D eigenvalue weighted by Crippen LogP contribution is -2.05. The molecule has 0 bridgehead atoms. The number of hydrogen-bond donors (Lipinski definition) is 1. The first-order valence-electron chi connectivity index (χ1n) is 7.78. The molecule has 1 aliphatic rings. The van der Waals surface area contributed by atoms with Gasteiger partial charge < -0.3 is 14.6 Å². The molecule has 112 valence electrons. The van der Waals surface area contributed by atoms with Gasteiger partial charge in [-0.15, -0.1) is 0 Å². The van der Waals surface area contributed by atoms with Crippen molar-refractivity contribution < 1.29 is 14.6 Å². The van der Waals surface area contributed by atoms with Gasteiger partial charge in [0.25, 0.3) is 0 Å². The summed E-state index contributed by atoms with van der Waals surface area (Å²) >= 11 is 0. The number of aliphatic hydroxyl groups excluding tert-OH is 1. The van der Waals surface area contributed by atoms with Crippen LogP contribution in [0.4, 0.5) is 0 Å². The Morgan fingerprint density at radius 3 is 2.50 bits per heavy atom. The molecule has 2 atom stereocenters. The third-order valence-corrected chi connectivity index (χ3v) is 3.73. The predicted molar refractivity (Wildman–Crippen MR) is 79.5 cm³/mol. The van der Waals surface area contributed by atoms with E-state index in [0.717, 1.165) is 19.3 Å². The molecular formula is C17H26O3. The van der Waals surface area contributed by atoms with Crippen LogP contribution in [0.25, 0.3) is 0 Å². The first kappa shape index (κ1) is 15.5. The molecule has 1 aliphatic heterocycles. The molecule has 0 amide bonds. The molecule has 0 aromatic heterocycles. The Bertz CT molecular complexity index is 353. The Morgan fingerprint density at radius 1 is 0.950 bits per heavy atom. The molecule has 0 aliphatic carbocycles. The third kappa shape index (κ3) is 6.04. The van der Waals surface area contributed by atoms with Gasteiger partial charge in [0, 0.05) is 6.61 Å². The number of benzene rings is 1. The van der Waals surface area contributed by atoms with E-state index in [1.54, 1.807) is 0 Å². The van der Waals surface area contributed by atoms with Crippen molar-refractivity contribution >= 4 is 0 Å². The molecule has 1 saturated heterocycles. The van der Waals surface area contributed by atoms with Crippen LogP contribution in [0.2, 0.25) is 0 Å². The monoisotopic (exact) mass is 278 g/mol. The van der Waals surface area contributed by atoms with E-state index in [-0.39, 0.29) is 0 Å². The van der Waals surface area contributed by atoms with Gasteiger partial charge in [-0.3, -0.25) is 0 Å². The zero-order valence-corrected chi connectivity index (χ0v) is 12.2. The van der Waals surface area contributed by atoms with Crippen molar-refractivity contribution in [1.29, 1.82) is 0 Å². The minimum atomic E-state index is 0.316. The first-order valence-corrected chi connectivity index (χ1v) is 7.78. The highest BCUT2D eigenvalue weighted by Gasteiger charge is 2.37. The molecule has 2 rings (SSSR count). The van der Waals surface area contributed by atoms with Crippen molar-refractivity contribution in [3.8, 4) is 0 Å². The standard InChI is InChI=1S/C17H26O3/c18-12-8-3-1-2-7-11-16-17(20-16)14-19-13-15-9-5-4-6-10-15/h4-6,9-10,16-18H,1-3,7-8,11-14H2/t16-,17-/m1/s1. The Balaban J connectivity index is 1.43. The van der Waals surface area contributed by atoms with Gasteiger partial charge in [-0.05, 0) is 18.4 Å². The third-order valence-electron chi connectivity index (χ3n) is 3.73. The van der Waals surface area contributed by atoms with E-state index in [1.807, 2.05) is 18.2 Å². The van der Waals surface area contributed by atoms with Crippen LogP contribution in [0, 0.1) is 0 Å². The molecule has 1 heterocycles. The first-order chi connectivity index (χ1) is 9.90. The second-order valence-electron chi connectivity index (χ2n) is 5.49. The number of unbranched alkanes of at least 4 members (excludes halogenated alkanes) is 4. The van der Waals surface area contributed by atoms with Gasteiger partial charge in [0.15, 0.2) is 0 Å². The highest BCUT2D eigenvalue weighted by Crippen LogP contribution is 2.28. The summed E-state index contributed by atoms with van der Waals surface area (Å²) in [6.45, 7) is 1.71. The van der Waals surface area contributed by atoms with Crippen molar-refractivity contribution in [2.24, 2.45) is 0 Å². The normalized spacial score (nSPS) is 21.1. The summed E-state index contributed by atoms with van der Waals surface area (Å²) in [7, 11) is 0. The summed E-state index contributed by atoms with van der Waals surface area (Å²) in [5.41, 5.74) is 1.22. The molecule has 1 fully saturated rings. The van der Waals surface area contributed by atoms with E-state index in [2.05, 4.69) is 12.1 Å². The van der Waals surface area contributed by atoms with Crippen LogP contribution < -0.4 is 0 Å². The maximum Gasteiger partial charge on any atom is 0.107 e. The fourth-order valence-electron chi connectivity index (χ4n) is 2.43. The number of rotatable bonds is 11. The van der Waals surface area contributed by atoms with Crippen LogP contribution in [0.5, 0.6) is 0 Å². The molecule has 3 heteroatoms. The Labute approximate surface area is 121 Å². The van der Waals surface area contributed by atoms with Crippen molar-refractivity contribution in [1.82, 2.24) is 0 Å². The van der Waals surface area contributed by atoms with E-state index in [9.17, 15) is 0 Å². The Hall–Kier alpha value is -0.900. The van der Waals surface area contributed by atoms with Gasteiger partial charge in [-0.2, -0.15) is 0 Å². The van der Waals surface area contributed by atoms with Gasteiger partial charge >= 0.3 is 0 Å². The summed E-state index contributed by atoms with van der Waals surface area (Å²) < 4.78 is 11.3. The molecule has 0 spiro atoms. The van der Waals surface area contributed by atoms with E-state index < -0.39 is 0 Å². The molecule has 1 N–H and O–H groups in total. The average Bonchev–Trinajstić information content (AvgIpc) is 3.22. The van der Waals surface area contributed by atoms with Crippen molar-refractivity contribution in [2.75, 3.05) is 13.2 Å². The molecule has 0 saturated carbocycles. The predicted octanol–water partition coefficient (Wildman–Crippen LogP) is 3.30. The zero-order valence-electron chi connectivity index (χ0n) is 12.2. The van der Waals surface area contributed by atoms with E-state index >= 15 is 0 Å². The van der Waals surface area contributed by atoms with Gasteiger partial charge in [0.05, 0.1) is 19.3 Å². The van der Waals surface area contributed by atoms with E-state index in [1.165, 1.54) is 24.8 Å². The molecule has 1 aromatic carbocycles. The summed E-state index contributed by atoms with van der Waals surface area (Å²) in [6.07, 6.45) is 7.67. The number of aliphatic hydroxyl groups is 1. The highest BCUT2D eigenvalue weighted by molar-refractivity contribution is 5.13. The Kier molecular flexibility index (Phi) is 7.06. The van der Waals surface area contributed by atoms with Crippen LogP contribution >= 0.6 is 0 Å². The molecular weight excluding hydrogens is 252 g/mol. The summed E-state index contributed by atoms with van der Waals surface area (Å²) in [6, 6.07) is 10.2. The summed E-state index contributed by atoms with van der Waals surface area (Å²) in [5.74, 6) is 0. The molecule has 20 heavy (non-hydrogen) atoms. The number of hydrogen-bond acceptors (Lipinski definition) is 3. The van der Waals surface area contributed by atoms with Crippen LogP contribution in [0.15, 0.2) is 30.3 Å². The maximum absolute atomic E-state index is 8.69.